The molecule has 26 heavy (non-hydrogen) atoms. The highest BCUT2D eigenvalue weighted by Gasteiger charge is 2.37. The van der Waals surface area contributed by atoms with Crippen LogP contribution in [0.25, 0.3) is 10.8 Å². The lowest BCUT2D eigenvalue weighted by Crippen LogP contribution is -2.30. The summed E-state index contributed by atoms with van der Waals surface area (Å²) in [4.78, 5) is 11.4. The highest BCUT2D eigenvalue weighted by Crippen LogP contribution is 2.39. The maximum atomic E-state index is 15.0. The number of fused-ring (bicyclic) bond motifs is 1. The van der Waals surface area contributed by atoms with E-state index < -0.39 is 39.9 Å². The number of ether oxygens (including phenoxy) is 1. The van der Waals surface area contributed by atoms with E-state index in [1.165, 1.54) is 25.0 Å². The monoisotopic (exact) mass is 380 g/mol. The lowest BCUT2D eigenvalue weighted by atomic mass is 10.1. The first-order valence-electron chi connectivity index (χ1n) is 8.26. The van der Waals surface area contributed by atoms with E-state index in [2.05, 4.69) is 0 Å². The topological polar surface area (TPSA) is 95.9 Å². The summed E-state index contributed by atoms with van der Waals surface area (Å²) in [5.74, 6) is -1.10. The van der Waals surface area contributed by atoms with E-state index in [1.807, 2.05) is 0 Å². The molecule has 1 amide bonds. The van der Waals surface area contributed by atoms with Crippen LogP contribution in [0.4, 0.5) is 10.1 Å². The van der Waals surface area contributed by atoms with Crippen molar-refractivity contribution < 1.29 is 27.4 Å². The molecule has 1 saturated carbocycles. The molecule has 2 aromatic carbocycles. The van der Waals surface area contributed by atoms with Crippen molar-refractivity contribution in [2.24, 2.45) is 5.92 Å². The van der Waals surface area contributed by atoms with Crippen molar-refractivity contribution in [2.75, 3.05) is 17.5 Å². The van der Waals surface area contributed by atoms with Gasteiger partial charge in [-0.25, -0.2) is 13.4 Å². The molecule has 0 aromatic heterocycles. The molecule has 1 saturated heterocycles. The van der Waals surface area contributed by atoms with Crippen LogP contribution >= 0.6 is 0 Å². The number of amides is 1. The van der Waals surface area contributed by atoms with Crippen LogP contribution in [-0.2, 0) is 15.0 Å². The number of benzene rings is 2. The number of halogens is 1. The summed E-state index contributed by atoms with van der Waals surface area (Å²) in [6.45, 7) is -0.0580. The molecule has 1 aliphatic heterocycles. The van der Waals surface area contributed by atoms with Crippen LogP contribution in [0.2, 0.25) is 0 Å². The van der Waals surface area contributed by atoms with E-state index in [-0.39, 0.29) is 5.39 Å². The van der Waals surface area contributed by atoms with Crippen molar-refractivity contribution in [1.29, 1.82) is 0 Å². The van der Waals surface area contributed by atoms with Crippen molar-refractivity contribution >= 4 is 32.6 Å². The third-order valence-corrected chi connectivity index (χ3v) is 5.94. The van der Waals surface area contributed by atoms with E-state index in [1.54, 1.807) is 16.9 Å². The van der Waals surface area contributed by atoms with Gasteiger partial charge in [-0.2, -0.15) is 8.42 Å². The van der Waals surface area contributed by atoms with Gasteiger partial charge in [-0.05, 0) is 35.9 Å². The maximum absolute atomic E-state index is 15.0. The van der Waals surface area contributed by atoms with Crippen molar-refractivity contribution in [3.63, 3.8) is 0 Å². The van der Waals surface area contributed by atoms with Gasteiger partial charge in [0.05, 0.1) is 6.61 Å². The Morgan fingerprint density at radius 1 is 1.31 bits per heavy atom. The first-order chi connectivity index (χ1) is 12.3. The summed E-state index contributed by atoms with van der Waals surface area (Å²) in [7, 11) is -4.23. The highest BCUT2D eigenvalue weighted by atomic mass is 32.2. The zero-order valence-corrected chi connectivity index (χ0v) is 14.6. The number of nitrogens with one attached hydrogen (secondary N) is 1. The van der Waals surface area contributed by atoms with Gasteiger partial charge in [-0.1, -0.05) is 18.9 Å². The highest BCUT2D eigenvalue weighted by molar-refractivity contribution is 7.92. The second kappa shape index (κ2) is 6.01. The molecule has 0 spiro atoms. The fraction of sp³-hybridized carbons (Fsp3) is 0.353. The normalized spacial score (nSPS) is 19.0. The Morgan fingerprint density at radius 2 is 2.08 bits per heavy atom. The van der Waals surface area contributed by atoms with Gasteiger partial charge in [0.15, 0.2) is 5.82 Å². The SMILES string of the molecule is O=C1CN(c2c(O)cc3ccc(OCCC4CC4)cc3c2F)S(=O)(=O)N1. The van der Waals surface area contributed by atoms with Crippen molar-refractivity contribution in [2.45, 2.75) is 19.3 Å². The fourth-order valence-electron chi connectivity index (χ4n) is 3.03. The fourth-order valence-corrected chi connectivity index (χ4v) is 4.19. The van der Waals surface area contributed by atoms with Crippen LogP contribution < -0.4 is 13.8 Å². The Labute approximate surface area is 149 Å². The first-order valence-corrected chi connectivity index (χ1v) is 9.70. The van der Waals surface area contributed by atoms with E-state index >= 15 is 4.39 Å². The molecule has 9 heteroatoms. The minimum atomic E-state index is -4.23. The molecule has 0 atom stereocenters. The minimum absolute atomic E-state index is 0.108. The summed E-state index contributed by atoms with van der Waals surface area (Å²) in [5, 5.41) is 10.6. The number of aromatic hydroxyl groups is 1. The molecular weight excluding hydrogens is 363 g/mol. The first kappa shape index (κ1) is 16.9. The van der Waals surface area contributed by atoms with Crippen LogP contribution in [0, 0.1) is 11.7 Å². The molecule has 0 bridgehead atoms. The molecular formula is C17H17FN2O5S. The standard InChI is InChI=1S/C17H17FN2O5S/c18-16-13-8-12(25-6-5-10-1-2-10)4-3-11(13)7-14(21)17(16)20-9-15(22)19-26(20,23)24/h3-4,7-8,10,21H,1-2,5-6,9H2,(H,19,22). The number of carbonyl (C=O) groups excluding carboxylic acids is 1. The molecule has 2 N–H and O–H groups in total. The quantitative estimate of drug-likeness (QED) is 0.828. The van der Waals surface area contributed by atoms with Crippen LogP contribution in [0.15, 0.2) is 24.3 Å². The second-order valence-corrected chi connectivity index (χ2v) is 8.15. The predicted molar refractivity (Wildman–Crippen MR) is 92.8 cm³/mol. The van der Waals surface area contributed by atoms with Crippen LogP contribution in [-0.4, -0.2) is 32.6 Å². The van der Waals surface area contributed by atoms with E-state index in [0.717, 1.165) is 6.42 Å². The number of phenols is 1. The Balaban J connectivity index is 1.72. The van der Waals surface area contributed by atoms with Crippen molar-refractivity contribution in [3.05, 3.63) is 30.1 Å². The average molecular weight is 380 g/mol. The van der Waals surface area contributed by atoms with Gasteiger partial charge in [0, 0.05) is 5.39 Å². The number of phenolic OH excluding ortho intramolecular Hbond substituents is 1. The van der Waals surface area contributed by atoms with Gasteiger partial charge >= 0.3 is 10.2 Å². The summed E-state index contributed by atoms with van der Waals surface area (Å²) in [6.07, 6.45) is 3.38. The second-order valence-electron chi connectivity index (χ2n) is 6.56. The summed E-state index contributed by atoms with van der Waals surface area (Å²) in [5.41, 5.74) is -0.550. The molecule has 0 unspecified atom stereocenters. The molecule has 4 rings (SSSR count). The average Bonchev–Trinajstić information content (AvgIpc) is 3.33. The number of carbonyl (C=O) groups is 1. The molecule has 2 fully saturated rings. The lowest BCUT2D eigenvalue weighted by molar-refractivity contribution is -0.117. The zero-order chi connectivity index (χ0) is 18.5. The molecule has 2 aliphatic rings. The number of rotatable bonds is 5. The Kier molecular flexibility index (Phi) is 3.91. The Morgan fingerprint density at radius 3 is 2.73 bits per heavy atom. The third-order valence-electron chi connectivity index (χ3n) is 4.57. The third kappa shape index (κ3) is 3.03. The Bertz CT molecular complexity index is 1000. The van der Waals surface area contributed by atoms with E-state index in [0.29, 0.717) is 28.0 Å². The lowest BCUT2D eigenvalue weighted by Gasteiger charge is -2.18. The number of nitrogens with zero attached hydrogens (tertiary/aromatic N) is 1. The zero-order valence-electron chi connectivity index (χ0n) is 13.7. The van der Waals surface area contributed by atoms with Crippen LogP contribution in [0.3, 0.4) is 0 Å². The van der Waals surface area contributed by atoms with E-state index in [9.17, 15) is 18.3 Å². The van der Waals surface area contributed by atoms with Gasteiger partial charge in [0.1, 0.15) is 23.7 Å². The van der Waals surface area contributed by atoms with Crippen molar-refractivity contribution in [3.8, 4) is 11.5 Å². The maximum Gasteiger partial charge on any atom is 0.326 e. The summed E-state index contributed by atoms with van der Waals surface area (Å²) < 4.78 is 46.9. The molecule has 1 aliphatic carbocycles. The van der Waals surface area contributed by atoms with E-state index in [4.69, 9.17) is 4.74 Å². The molecule has 7 nitrogen and oxygen atoms in total. The summed E-state index contributed by atoms with van der Waals surface area (Å²) in [6, 6.07) is 6.00. The van der Waals surface area contributed by atoms with Gasteiger partial charge < -0.3 is 9.84 Å². The molecule has 138 valence electrons. The smallest absolute Gasteiger partial charge is 0.326 e. The molecule has 2 aromatic rings. The number of hydrogen-bond donors (Lipinski definition) is 2. The number of hydrogen-bond acceptors (Lipinski definition) is 5. The van der Waals surface area contributed by atoms with Crippen LogP contribution in [0.5, 0.6) is 11.5 Å². The van der Waals surface area contributed by atoms with Gasteiger partial charge in [-0.15, -0.1) is 0 Å². The number of anilines is 1. The predicted octanol–water partition coefficient (Wildman–Crippen LogP) is 2.04. The Hall–Kier alpha value is -2.55. The van der Waals surface area contributed by atoms with Gasteiger partial charge in [0.25, 0.3) is 5.91 Å². The molecule has 1 heterocycles. The van der Waals surface area contributed by atoms with Crippen LogP contribution in [0.1, 0.15) is 19.3 Å². The minimum Gasteiger partial charge on any atom is -0.506 e. The molecule has 0 radical (unpaired) electrons. The largest absolute Gasteiger partial charge is 0.506 e. The summed E-state index contributed by atoms with van der Waals surface area (Å²) >= 11 is 0. The van der Waals surface area contributed by atoms with Gasteiger partial charge in [0.2, 0.25) is 0 Å². The van der Waals surface area contributed by atoms with Gasteiger partial charge in [-0.3, -0.25) is 4.79 Å². The van der Waals surface area contributed by atoms with Crippen molar-refractivity contribution in [1.82, 2.24) is 4.72 Å².